The normalized spacial score (nSPS) is 18.5. The van der Waals surface area contributed by atoms with Crippen molar-refractivity contribution >= 4 is 11.8 Å². The van der Waals surface area contributed by atoms with Gasteiger partial charge in [-0.25, -0.2) is 4.79 Å². The first-order valence-electron chi connectivity index (χ1n) is 8.70. The molecule has 0 saturated carbocycles. The van der Waals surface area contributed by atoms with Gasteiger partial charge in [-0.05, 0) is 45.4 Å². The monoisotopic (exact) mass is 355 g/mol. The molecule has 138 valence electrons. The van der Waals surface area contributed by atoms with Gasteiger partial charge in [0.15, 0.2) is 6.29 Å². The fraction of sp³-hybridized carbons (Fsp3) is 0.381. The molecule has 5 nitrogen and oxygen atoms in total. The van der Waals surface area contributed by atoms with E-state index in [4.69, 9.17) is 14.2 Å². The van der Waals surface area contributed by atoms with E-state index < -0.39 is 12.4 Å². The largest absolute Gasteiger partial charge is 0.444 e. The molecule has 0 atom stereocenters. The Labute approximate surface area is 154 Å². The number of anilines is 1. The first-order chi connectivity index (χ1) is 12.3. The van der Waals surface area contributed by atoms with Crippen LogP contribution in [-0.2, 0) is 20.8 Å². The number of ether oxygens (including phenoxy) is 3. The van der Waals surface area contributed by atoms with Crippen molar-refractivity contribution in [2.75, 3.05) is 5.32 Å². The van der Waals surface area contributed by atoms with Crippen LogP contribution in [0.4, 0.5) is 10.5 Å². The van der Waals surface area contributed by atoms with E-state index in [0.29, 0.717) is 5.69 Å². The maximum absolute atomic E-state index is 11.9. The maximum Gasteiger partial charge on any atom is 0.411 e. The van der Waals surface area contributed by atoms with Gasteiger partial charge in [0.05, 0.1) is 11.2 Å². The smallest absolute Gasteiger partial charge is 0.411 e. The maximum atomic E-state index is 11.9. The Morgan fingerprint density at radius 1 is 0.962 bits per heavy atom. The third kappa shape index (κ3) is 4.06. The van der Waals surface area contributed by atoms with E-state index in [1.165, 1.54) is 0 Å². The minimum Gasteiger partial charge on any atom is -0.444 e. The molecule has 0 unspecified atom stereocenters. The summed E-state index contributed by atoms with van der Waals surface area (Å²) >= 11 is 0. The van der Waals surface area contributed by atoms with Crippen molar-refractivity contribution in [1.82, 2.24) is 0 Å². The first kappa shape index (κ1) is 18.4. The highest BCUT2D eigenvalue weighted by Gasteiger charge is 2.49. The number of nitrogens with one attached hydrogen (secondary N) is 1. The molecular formula is C21H25NO4. The van der Waals surface area contributed by atoms with E-state index in [0.717, 1.165) is 11.1 Å². The average molecular weight is 355 g/mol. The Balaban J connectivity index is 1.56. The minimum absolute atomic E-state index is 0.235. The molecule has 5 heteroatoms. The summed E-state index contributed by atoms with van der Waals surface area (Å²) in [6.07, 6.45) is -0.906. The zero-order valence-electron chi connectivity index (χ0n) is 15.6. The fourth-order valence-corrected chi connectivity index (χ4v) is 2.58. The summed E-state index contributed by atoms with van der Waals surface area (Å²) in [6, 6.07) is 16.9. The van der Waals surface area contributed by atoms with Crippen molar-refractivity contribution in [3.63, 3.8) is 0 Å². The first-order valence-corrected chi connectivity index (χ1v) is 8.70. The van der Waals surface area contributed by atoms with Gasteiger partial charge >= 0.3 is 6.09 Å². The zero-order chi connectivity index (χ0) is 18.8. The average Bonchev–Trinajstić information content (AvgIpc) is 2.82. The van der Waals surface area contributed by atoms with E-state index in [1.807, 2.05) is 82.3 Å². The summed E-state index contributed by atoms with van der Waals surface area (Å²) in [5.41, 5.74) is 1.75. The molecule has 1 aliphatic heterocycles. The second-order valence-electron chi connectivity index (χ2n) is 7.40. The number of amides is 1. The van der Waals surface area contributed by atoms with Crippen LogP contribution in [0.5, 0.6) is 0 Å². The number of carbonyl (C=O) groups excluding carboxylic acids is 1. The fourth-order valence-electron chi connectivity index (χ4n) is 2.58. The number of hydrogen-bond acceptors (Lipinski definition) is 4. The summed E-state index contributed by atoms with van der Waals surface area (Å²) in [5.74, 6) is 0. The van der Waals surface area contributed by atoms with Gasteiger partial charge in [0, 0.05) is 11.3 Å². The molecule has 2 aromatic rings. The Bertz CT molecular complexity index is 737. The van der Waals surface area contributed by atoms with Crippen LogP contribution in [0.3, 0.4) is 0 Å². The standard InChI is InChI=1S/C21H25NO4/c1-20(2)21(3,4)26-18(25-20)16-10-12-17(13-11-16)22-19(23)24-14-15-8-6-5-7-9-15/h5-13,18H,14H2,1-4H3,(H,22,23). The van der Waals surface area contributed by atoms with Crippen LogP contribution < -0.4 is 5.32 Å². The molecule has 1 N–H and O–H groups in total. The van der Waals surface area contributed by atoms with Crippen LogP contribution >= 0.6 is 0 Å². The lowest BCUT2D eigenvalue weighted by molar-refractivity contribution is -0.0895. The van der Waals surface area contributed by atoms with Gasteiger partial charge < -0.3 is 14.2 Å². The SMILES string of the molecule is CC1(C)OC(c2ccc(NC(=O)OCc3ccccc3)cc2)OC1(C)C. The Morgan fingerprint density at radius 3 is 2.12 bits per heavy atom. The highest BCUT2D eigenvalue weighted by Crippen LogP contribution is 2.44. The Hall–Kier alpha value is -2.37. The lowest BCUT2D eigenvalue weighted by atomic mass is 9.90. The molecule has 0 radical (unpaired) electrons. The van der Waals surface area contributed by atoms with E-state index in [-0.39, 0.29) is 17.8 Å². The Kier molecular flexibility index (Phi) is 5.03. The van der Waals surface area contributed by atoms with Gasteiger partial charge in [-0.2, -0.15) is 0 Å². The van der Waals surface area contributed by atoms with E-state index in [2.05, 4.69) is 5.32 Å². The molecular weight excluding hydrogens is 330 g/mol. The summed E-state index contributed by atoms with van der Waals surface area (Å²) in [7, 11) is 0. The van der Waals surface area contributed by atoms with E-state index in [9.17, 15) is 4.79 Å². The van der Waals surface area contributed by atoms with Gasteiger partial charge in [-0.3, -0.25) is 5.32 Å². The molecule has 1 aliphatic rings. The zero-order valence-corrected chi connectivity index (χ0v) is 15.6. The van der Waals surface area contributed by atoms with E-state index in [1.54, 1.807) is 0 Å². The summed E-state index contributed by atoms with van der Waals surface area (Å²) in [5, 5.41) is 2.72. The third-order valence-corrected chi connectivity index (χ3v) is 4.90. The molecule has 0 aliphatic carbocycles. The number of hydrogen-bond donors (Lipinski definition) is 1. The van der Waals surface area contributed by atoms with Crippen LogP contribution in [0.15, 0.2) is 54.6 Å². The number of rotatable bonds is 4. The van der Waals surface area contributed by atoms with Crippen molar-refractivity contribution < 1.29 is 19.0 Å². The van der Waals surface area contributed by atoms with Gasteiger partial charge in [0.25, 0.3) is 0 Å². The quantitative estimate of drug-likeness (QED) is 0.835. The molecule has 0 spiro atoms. The van der Waals surface area contributed by atoms with Crippen LogP contribution in [0.25, 0.3) is 0 Å². The lowest BCUT2D eigenvalue weighted by Gasteiger charge is -2.30. The van der Waals surface area contributed by atoms with Gasteiger partial charge in [0.1, 0.15) is 6.61 Å². The molecule has 3 rings (SSSR count). The van der Waals surface area contributed by atoms with Gasteiger partial charge in [-0.1, -0.05) is 42.5 Å². The molecule has 1 fully saturated rings. The third-order valence-electron chi connectivity index (χ3n) is 4.90. The van der Waals surface area contributed by atoms with Crippen LogP contribution in [0, 0.1) is 0 Å². The van der Waals surface area contributed by atoms with Crippen molar-refractivity contribution in [1.29, 1.82) is 0 Å². The van der Waals surface area contributed by atoms with Crippen LogP contribution in [0.1, 0.15) is 45.1 Å². The van der Waals surface area contributed by atoms with Crippen molar-refractivity contribution in [3.8, 4) is 0 Å². The second kappa shape index (κ2) is 7.09. The van der Waals surface area contributed by atoms with Gasteiger partial charge in [0.2, 0.25) is 0 Å². The highest BCUT2D eigenvalue weighted by molar-refractivity contribution is 5.84. The molecule has 26 heavy (non-hydrogen) atoms. The molecule has 1 saturated heterocycles. The molecule has 2 aromatic carbocycles. The van der Waals surface area contributed by atoms with E-state index >= 15 is 0 Å². The van der Waals surface area contributed by atoms with Gasteiger partial charge in [-0.15, -0.1) is 0 Å². The number of benzene rings is 2. The molecule has 0 aromatic heterocycles. The lowest BCUT2D eigenvalue weighted by Crippen LogP contribution is -2.41. The predicted molar refractivity (Wildman–Crippen MR) is 99.8 cm³/mol. The molecule has 0 bridgehead atoms. The molecule has 1 amide bonds. The van der Waals surface area contributed by atoms with Crippen molar-refractivity contribution in [2.45, 2.75) is 51.8 Å². The predicted octanol–water partition coefficient (Wildman–Crippen LogP) is 5.04. The molecule has 1 heterocycles. The van der Waals surface area contributed by atoms with Crippen molar-refractivity contribution in [2.24, 2.45) is 0 Å². The number of carbonyl (C=O) groups is 1. The summed E-state index contributed by atoms with van der Waals surface area (Å²) in [6.45, 7) is 8.31. The summed E-state index contributed by atoms with van der Waals surface area (Å²) in [4.78, 5) is 11.9. The summed E-state index contributed by atoms with van der Waals surface area (Å²) < 4.78 is 17.3. The topological polar surface area (TPSA) is 56.8 Å². The van der Waals surface area contributed by atoms with Crippen molar-refractivity contribution in [3.05, 3.63) is 65.7 Å². The minimum atomic E-state index is -0.489. The van der Waals surface area contributed by atoms with Crippen LogP contribution in [-0.4, -0.2) is 17.3 Å². The second-order valence-corrected chi connectivity index (χ2v) is 7.40. The Morgan fingerprint density at radius 2 is 1.54 bits per heavy atom. The highest BCUT2D eigenvalue weighted by atomic mass is 16.7. The van der Waals surface area contributed by atoms with Crippen LogP contribution in [0.2, 0.25) is 0 Å².